The van der Waals surface area contributed by atoms with E-state index < -0.39 is 11.9 Å². The Morgan fingerprint density at radius 2 is 1.23 bits per heavy atom. The van der Waals surface area contributed by atoms with E-state index in [0.717, 1.165) is 0 Å². The molecule has 0 aromatic heterocycles. The van der Waals surface area contributed by atoms with Gasteiger partial charge in [-0.2, -0.15) is 0 Å². The molecule has 0 aliphatic carbocycles. The van der Waals surface area contributed by atoms with E-state index in [4.69, 9.17) is 10.2 Å². The van der Waals surface area contributed by atoms with E-state index in [2.05, 4.69) is 0 Å². The SMILES string of the molecule is O=C(O)c1ccccc1C(=O)O.[Li+]. The minimum atomic E-state index is -1.23. The molecule has 0 bridgehead atoms. The second-order valence-corrected chi connectivity index (χ2v) is 2.16. The molecule has 0 spiro atoms. The van der Waals surface area contributed by atoms with Crippen LogP contribution in [0.5, 0.6) is 0 Å². The first-order valence-corrected chi connectivity index (χ1v) is 3.18. The zero-order valence-corrected chi connectivity index (χ0v) is 7.02. The van der Waals surface area contributed by atoms with Gasteiger partial charge in [-0.15, -0.1) is 0 Å². The van der Waals surface area contributed by atoms with Crippen LogP contribution < -0.4 is 18.9 Å². The summed E-state index contributed by atoms with van der Waals surface area (Å²) < 4.78 is 0. The number of hydrogen-bond acceptors (Lipinski definition) is 2. The van der Waals surface area contributed by atoms with Crippen LogP contribution in [-0.4, -0.2) is 22.2 Å². The van der Waals surface area contributed by atoms with E-state index >= 15 is 0 Å². The van der Waals surface area contributed by atoms with Gasteiger partial charge in [0.1, 0.15) is 0 Å². The third kappa shape index (κ3) is 2.62. The molecule has 13 heavy (non-hydrogen) atoms. The van der Waals surface area contributed by atoms with Crippen LogP contribution in [0.25, 0.3) is 0 Å². The van der Waals surface area contributed by atoms with Gasteiger partial charge >= 0.3 is 30.8 Å². The summed E-state index contributed by atoms with van der Waals surface area (Å²) >= 11 is 0. The first kappa shape index (κ1) is 11.8. The summed E-state index contributed by atoms with van der Waals surface area (Å²) in [7, 11) is 0. The molecule has 1 rings (SSSR count). The largest absolute Gasteiger partial charge is 1.00 e. The molecule has 0 atom stereocenters. The smallest absolute Gasteiger partial charge is 0.478 e. The fourth-order valence-electron chi connectivity index (χ4n) is 0.856. The van der Waals surface area contributed by atoms with Crippen molar-refractivity contribution in [2.24, 2.45) is 0 Å². The molecule has 0 heterocycles. The molecule has 0 amide bonds. The maximum Gasteiger partial charge on any atom is 1.00 e. The first-order chi connectivity index (χ1) is 5.63. The van der Waals surface area contributed by atoms with Gasteiger partial charge in [0.15, 0.2) is 0 Å². The first-order valence-electron chi connectivity index (χ1n) is 3.18. The second kappa shape index (κ2) is 4.70. The Balaban J connectivity index is 0.00000144. The quantitative estimate of drug-likeness (QED) is 0.511. The standard InChI is InChI=1S/C8H6O4.Li/c9-7(10)5-3-1-2-4-6(5)8(11)12;/h1-4H,(H,9,10)(H,11,12);/q;+1. The fourth-order valence-corrected chi connectivity index (χ4v) is 0.856. The summed E-state index contributed by atoms with van der Waals surface area (Å²) in [5, 5.41) is 17.1. The molecule has 1 aromatic rings. The van der Waals surface area contributed by atoms with Crippen molar-refractivity contribution in [2.45, 2.75) is 0 Å². The average molecular weight is 173 g/mol. The van der Waals surface area contributed by atoms with Gasteiger partial charge in [0.25, 0.3) is 0 Å². The maximum atomic E-state index is 10.5. The van der Waals surface area contributed by atoms with Gasteiger partial charge in [0.2, 0.25) is 0 Å². The molecule has 0 unspecified atom stereocenters. The van der Waals surface area contributed by atoms with Crippen LogP contribution in [0.4, 0.5) is 0 Å². The minimum Gasteiger partial charge on any atom is -0.478 e. The molecule has 1 aromatic carbocycles. The molecule has 0 saturated carbocycles. The van der Waals surface area contributed by atoms with Gasteiger partial charge < -0.3 is 10.2 Å². The molecule has 4 nitrogen and oxygen atoms in total. The monoisotopic (exact) mass is 173 g/mol. The minimum absolute atomic E-state index is 0. The second-order valence-electron chi connectivity index (χ2n) is 2.16. The Labute approximate surface area is 86.4 Å². The van der Waals surface area contributed by atoms with E-state index in [-0.39, 0.29) is 30.0 Å². The van der Waals surface area contributed by atoms with Gasteiger partial charge in [-0.05, 0) is 12.1 Å². The molecular weight excluding hydrogens is 167 g/mol. The number of aromatic carboxylic acids is 2. The molecule has 2 N–H and O–H groups in total. The van der Waals surface area contributed by atoms with Gasteiger partial charge in [-0.3, -0.25) is 0 Å². The Hall–Kier alpha value is -1.24. The van der Waals surface area contributed by atoms with Crippen molar-refractivity contribution in [3.05, 3.63) is 35.4 Å². The summed E-state index contributed by atoms with van der Waals surface area (Å²) in [6.07, 6.45) is 0. The van der Waals surface area contributed by atoms with Gasteiger partial charge in [0, 0.05) is 0 Å². The summed E-state index contributed by atoms with van der Waals surface area (Å²) in [5.74, 6) is -2.46. The molecule has 0 aliphatic rings. The van der Waals surface area contributed by atoms with Crippen molar-refractivity contribution < 1.29 is 38.7 Å². The summed E-state index contributed by atoms with van der Waals surface area (Å²) in [5.41, 5.74) is -0.380. The molecule has 62 valence electrons. The van der Waals surface area contributed by atoms with Crippen molar-refractivity contribution in [3.8, 4) is 0 Å². The number of carboxylic acids is 2. The molecule has 0 aliphatic heterocycles. The number of hydrogen-bond donors (Lipinski definition) is 2. The Bertz CT molecular complexity index is 302. The van der Waals surface area contributed by atoms with Crippen molar-refractivity contribution in [1.29, 1.82) is 0 Å². The topological polar surface area (TPSA) is 74.6 Å². The molecule has 5 heteroatoms. The number of rotatable bonds is 2. The van der Waals surface area contributed by atoms with Crippen LogP contribution in [0.1, 0.15) is 20.7 Å². The Morgan fingerprint density at radius 1 is 0.923 bits per heavy atom. The number of benzene rings is 1. The van der Waals surface area contributed by atoms with Gasteiger partial charge in [-0.25, -0.2) is 9.59 Å². The van der Waals surface area contributed by atoms with Crippen LogP contribution in [0.15, 0.2) is 24.3 Å². The van der Waals surface area contributed by atoms with E-state index in [1.807, 2.05) is 0 Å². The summed E-state index contributed by atoms with van der Waals surface area (Å²) in [6, 6.07) is 5.48. The fraction of sp³-hybridized carbons (Fsp3) is 0. The maximum absolute atomic E-state index is 10.5. The molecule has 0 saturated heterocycles. The van der Waals surface area contributed by atoms with E-state index in [1.165, 1.54) is 24.3 Å². The van der Waals surface area contributed by atoms with Crippen molar-refractivity contribution in [3.63, 3.8) is 0 Å². The zero-order chi connectivity index (χ0) is 9.14. The van der Waals surface area contributed by atoms with Crippen LogP contribution >= 0.6 is 0 Å². The van der Waals surface area contributed by atoms with Crippen LogP contribution in [-0.2, 0) is 0 Å². The summed E-state index contributed by atoms with van der Waals surface area (Å²) in [4.78, 5) is 20.9. The normalized spacial score (nSPS) is 8.62. The van der Waals surface area contributed by atoms with Gasteiger partial charge in [-0.1, -0.05) is 12.1 Å². The van der Waals surface area contributed by atoms with E-state index in [1.54, 1.807) is 0 Å². The van der Waals surface area contributed by atoms with Crippen molar-refractivity contribution >= 4 is 11.9 Å². The molecule has 0 radical (unpaired) electrons. The zero-order valence-electron chi connectivity index (χ0n) is 7.02. The molecular formula is C8H6LiO4+. The summed E-state index contributed by atoms with van der Waals surface area (Å²) in [6.45, 7) is 0. The number of carbonyl (C=O) groups is 2. The predicted molar refractivity (Wildman–Crippen MR) is 40.4 cm³/mol. The van der Waals surface area contributed by atoms with E-state index in [0.29, 0.717) is 0 Å². The van der Waals surface area contributed by atoms with Crippen LogP contribution in [0.3, 0.4) is 0 Å². The molecule has 0 fully saturated rings. The Kier molecular flexibility index (Phi) is 4.25. The Morgan fingerprint density at radius 3 is 1.46 bits per heavy atom. The predicted octanol–water partition coefficient (Wildman–Crippen LogP) is -1.91. The van der Waals surface area contributed by atoms with E-state index in [9.17, 15) is 9.59 Å². The van der Waals surface area contributed by atoms with Crippen LogP contribution in [0.2, 0.25) is 0 Å². The van der Waals surface area contributed by atoms with Crippen LogP contribution in [0, 0.1) is 0 Å². The third-order valence-electron chi connectivity index (χ3n) is 1.39. The van der Waals surface area contributed by atoms with Gasteiger partial charge in [0.05, 0.1) is 11.1 Å². The van der Waals surface area contributed by atoms with Crippen molar-refractivity contribution in [1.82, 2.24) is 0 Å². The third-order valence-corrected chi connectivity index (χ3v) is 1.39. The average Bonchev–Trinajstić information content (AvgIpc) is 2.04. The number of carboxylic acid groups (broad SMARTS) is 2. The van der Waals surface area contributed by atoms with Crippen molar-refractivity contribution in [2.75, 3.05) is 0 Å².